The maximum Gasteiger partial charge on any atom is 0.133 e. The van der Waals surface area contributed by atoms with Crippen molar-refractivity contribution < 1.29 is 4.79 Å². The highest BCUT2D eigenvalue weighted by Gasteiger charge is 2.17. The van der Waals surface area contributed by atoms with Crippen LogP contribution in [-0.4, -0.2) is 15.6 Å². The Balaban J connectivity index is 2.42. The van der Waals surface area contributed by atoms with Gasteiger partial charge >= 0.3 is 0 Å². The number of para-hydroxylation sites is 1. The van der Waals surface area contributed by atoms with E-state index in [-0.39, 0.29) is 11.7 Å². The lowest BCUT2D eigenvalue weighted by Crippen LogP contribution is -2.13. The van der Waals surface area contributed by atoms with Crippen molar-refractivity contribution in [2.45, 2.75) is 40.2 Å². The molecule has 1 atom stereocenters. The molecule has 0 saturated carbocycles. The molecule has 0 N–H and O–H groups in total. The number of carbonyl (C=O) groups excluding carboxylic acids is 1. The van der Waals surface area contributed by atoms with E-state index in [1.165, 1.54) is 5.39 Å². The maximum atomic E-state index is 11.6. The molecule has 3 heteroatoms. The zero-order valence-corrected chi connectivity index (χ0v) is 11.3. The summed E-state index contributed by atoms with van der Waals surface area (Å²) in [6, 6.07) is 8.24. The van der Waals surface area contributed by atoms with E-state index in [2.05, 4.69) is 31.1 Å². The summed E-state index contributed by atoms with van der Waals surface area (Å²) >= 11 is 0. The zero-order chi connectivity index (χ0) is 13.1. The van der Waals surface area contributed by atoms with Gasteiger partial charge < -0.3 is 0 Å². The van der Waals surface area contributed by atoms with Gasteiger partial charge in [-0.2, -0.15) is 5.10 Å². The summed E-state index contributed by atoms with van der Waals surface area (Å²) < 4.78 is 2.01. The molecule has 18 heavy (non-hydrogen) atoms. The highest BCUT2D eigenvalue weighted by atomic mass is 16.1. The first-order valence-corrected chi connectivity index (χ1v) is 6.62. The molecular formula is C15H20N2O. The highest BCUT2D eigenvalue weighted by Crippen LogP contribution is 2.22. The number of aryl methyl sites for hydroxylation is 1. The molecule has 3 nitrogen and oxygen atoms in total. The van der Waals surface area contributed by atoms with E-state index in [4.69, 9.17) is 0 Å². The van der Waals surface area contributed by atoms with Crippen molar-refractivity contribution in [1.82, 2.24) is 9.78 Å². The number of nitrogens with zero attached hydrogens (tertiary/aromatic N) is 2. The summed E-state index contributed by atoms with van der Waals surface area (Å²) in [5.41, 5.74) is 2.21. The summed E-state index contributed by atoms with van der Waals surface area (Å²) in [7, 11) is 0. The van der Waals surface area contributed by atoms with Gasteiger partial charge in [-0.25, -0.2) is 0 Å². The van der Waals surface area contributed by atoms with Crippen molar-refractivity contribution in [3.05, 3.63) is 30.0 Å². The fourth-order valence-electron chi connectivity index (χ4n) is 2.40. The molecule has 2 aromatic rings. The van der Waals surface area contributed by atoms with Crippen LogP contribution in [0.5, 0.6) is 0 Å². The summed E-state index contributed by atoms with van der Waals surface area (Å²) in [5, 5.41) is 5.82. The van der Waals surface area contributed by atoms with Crippen molar-refractivity contribution in [2.24, 2.45) is 5.92 Å². The third-order valence-corrected chi connectivity index (χ3v) is 3.54. The smallest absolute Gasteiger partial charge is 0.133 e. The SMILES string of the molecule is CCC(Cc1nn(CC)c2ccccc12)C(C)=O. The second-order valence-corrected chi connectivity index (χ2v) is 4.70. The number of benzene rings is 1. The van der Waals surface area contributed by atoms with Crippen LogP contribution in [0.1, 0.15) is 32.9 Å². The van der Waals surface area contributed by atoms with Crippen LogP contribution >= 0.6 is 0 Å². The van der Waals surface area contributed by atoms with E-state index in [0.29, 0.717) is 0 Å². The Morgan fingerprint density at radius 2 is 2.06 bits per heavy atom. The van der Waals surface area contributed by atoms with Crippen molar-refractivity contribution in [2.75, 3.05) is 0 Å². The van der Waals surface area contributed by atoms with Gasteiger partial charge in [0, 0.05) is 24.3 Å². The number of ketones is 1. The molecule has 1 unspecified atom stereocenters. The monoisotopic (exact) mass is 244 g/mol. The van der Waals surface area contributed by atoms with Gasteiger partial charge in [0.05, 0.1) is 11.2 Å². The second kappa shape index (κ2) is 5.34. The fraction of sp³-hybridized carbons (Fsp3) is 0.467. The average molecular weight is 244 g/mol. The normalized spacial score (nSPS) is 12.8. The van der Waals surface area contributed by atoms with Crippen LogP contribution in [0.25, 0.3) is 10.9 Å². The first-order chi connectivity index (χ1) is 8.67. The van der Waals surface area contributed by atoms with Crippen molar-refractivity contribution >= 4 is 16.7 Å². The van der Waals surface area contributed by atoms with E-state index < -0.39 is 0 Å². The van der Waals surface area contributed by atoms with E-state index in [9.17, 15) is 4.79 Å². The van der Waals surface area contributed by atoms with Crippen LogP contribution in [0.4, 0.5) is 0 Å². The van der Waals surface area contributed by atoms with Gasteiger partial charge in [-0.05, 0) is 26.3 Å². The Labute approximate surface area is 108 Å². The van der Waals surface area contributed by atoms with Crippen molar-refractivity contribution in [1.29, 1.82) is 0 Å². The Hall–Kier alpha value is -1.64. The number of hydrogen-bond acceptors (Lipinski definition) is 2. The number of fused-ring (bicyclic) bond motifs is 1. The van der Waals surface area contributed by atoms with Crippen LogP contribution in [0, 0.1) is 5.92 Å². The molecule has 0 aliphatic heterocycles. The third-order valence-electron chi connectivity index (χ3n) is 3.54. The highest BCUT2D eigenvalue weighted by molar-refractivity contribution is 5.83. The molecule has 1 heterocycles. The standard InChI is InChI=1S/C15H20N2O/c1-4-12(11(3)18)10-14-13-8-6-7-9-15(13)17(5-2)16-14/h6-9,12H,4-5,10H2,1-3H3. The topological polar surface area (TPSA) is 34.9 Å². The van der Waals surface area contributed by atoms with Crippen molar-refractivity contribution in [3.8, 4) is 0 Å². The number of carbonyl (C=O) groups is 1. The van der Waals surface area contributed by atoms with E-state index in [1.54, 1.807) is 6.92 Å². The second-order valence-electron chi connectivity index (χ2n) is 4.70. The molecule has 0 aliphatic rings. The molecule has 0 bridgehead atoms. The average Bonchev–Trinajstić information content (AvgIpc) is 2.74. The molecule has 0 radical (unpaired) electrons. The van der Waals surface area contributed by atoms with E-state index in [1.807, 2.05) is 16.8 Å². The largest absolute Gasteiger partial charge is 0.300 e. The molecular weight excluding hydrogens is 224 g/mol. The number of Topliss-reactive ketones (excluding diaryl/α,β-unsaturated/α-hetero) is 1. The van der Waals surface area contributed by atoms with E-state index in [0.717, 1.165) is 30.6 Å². The maximum absolute atomic E-state index is 11.6. The van der Waals surface area contributed by atoms with Gasteiger partial charge in [0.15, 0.2) is 0 Å². The zero-order valence-electron chi connectivity index (χ0n) is 11.3. The minimum Gasteiger partial charge on any atom is -0.300 e. The lowest BCUT2D eigenvalue weighted by Gasteiger charge is -2.08. The molecule has 96 valence electrons. The van der Waals surface area contributed by atoms with E-state index >= 15 is 0 Å². The summed E-state index contributed by atoms with van der Waals surface area (Å²) in [5.74, 6) is 0.348. The third kappa shape index (κ3) is 2.30. The van der Waals surface area contributed by atoms with Crippen LogP contribution in [0.2, 0.25) is 0 Å². The lowest BCUT2D eigenvalue weighted by atomic mass is 9.95. The van der Waals surface area contributed by atoms with Crippen LogP contribution in [-0.2, 0) is 17.8 Å². The van der Waals surface area contributed by atoms with Gasteiger partial charge in [0.1, 0.15) is 5.78 Å². The molecule has 0 amide bonds. The fourth-order valence-corrected chi connectivity index (χ4v) is 2.40. The molecule has 1 aromatic carbocycles. The lowest BCUT2D eigenvalue weighted by molar-refractivity contribution is -0.120. The van der Waals surface area contributed by atoms with Crippen molar-refractivity contribution in [3.63, 3.8) is 0 Å². The van der Waals surface area contributed by atoms with Gasteiger partial charge in [-0.3, -0.25) is 9.48 Å². The van der Waals surface area contributed by atoms with Gasteiger partial charge in [-0.15, -0.1) is 0 Å². The number of rotatable bonds is 5. The van der Waals surface area contributed by atoms with Crippen LogP contribution < -0.4 is 0 Å². The molecule has 0 saturated heterocycles. The van der Waals surface area contributed by atoms with Gasteiger partial charge in [-0.1, -0.05) is 25.1 Å². The van der Waals surface area contributed by atoms with Gasteiger partial charge in [0.2, 0.25) is 0 Å². The number of aromatic nitrogens is 2. The molecule has 2 rings (SSSR count). The summed E-state index contributed by atoms with van der Waals surface area (Å²) in [6.07, 6.45) is 1.63. The minimum absolute atomic E-state index is 0.0913. The predicted molar refractivity (Wildman–Crippen MR) is 73.6 cm³/mol. The Bertz CT molecular complexity index is 557. The van der Waals surface area contributed by atoms with Gasteiger partial charge in [0.25, 0.3) is 0 Å². The quantitative estimate of drug-likeness (QED) is 0.809. The molecule has 0 spiro atoms. The first-order valence-electron chi connectivity index (χ1n) is 6.62. The minimum atomic E-state index is 0.0913. The molecule has 1 aromatic heterocycles. The van der Waals surface area contributed by atoms with Crippen LogP contribution in [0.15, 0.2) is 24.3 Å². The predicted octanol–water partition coefficient (Wildman–Crippen LogP) is 3.21. The molecule has 0 fully saturated rings. The Kier molecular flexibility index (Phi) is 3.80. The summed E-state index contributed by atoms with van der Waals surface area (Å²) in [4.78, 5) is 11.6. The molecule has 0 aliphatic carbocycles. The Morgan fingerprint density at radius 1 is 1.33 bits per heavy atom. The van der Waals surface area contributed by atoms with Crippen LogP contribution in [0.3, 0.4) is 0 Å². The first kappa shape index (κ1) is 12.8. The Morgan fingerprint density at radius 3 is 2.67 bits per heavy atom. The summed E-state index contributed by atoms with van der Waals surface area (Å²) in [6.45, 7) is 6.68. The number of hydrogen-bond donors (Lipinski definition) is 0.